The van der Waals surface area contributed by atoms with E-state index >= 15 is 0 Å². The van der Waals surface area contributed by atoms with Gasteiger partial charge in [-0.05, 0) is 13.8 Å². The Labute approximate surface area is 43.6 Å². The van der Waals surface area contributed by atoms with Crippen molar-refractivity contribution in [3.05, 3.63) is 0 Å². The van der Waals surface area contributed by atoms with Crippen molar-refractivity contribution in [2.75, 3.05) is 6.61 Å². The summed E-state index contributed by atoms with van der Waals surface area (Å²) in [4.78, 5) is 0. The highest BCUT2D eigenvalue weighted by Gasteiger charge is 2.36. The molecule has 1 aliphatic heterocycles. The van der Waals surface area contributed by atoms with Gasteiger partial charge in [-0.1, -0.05) is 0 Å². The van der Waals surface area contributed by atoms with Crippen molar-refractivity contribution in [1.82, 2.24) is 0 Å². The number of hydrogen-bond acceptors (Lipinski definition) is 2. The lowest BCUT2D eigenvalue weighted by atomic mass is 9.95. The van der Waals surface area contributed by atoms with E-state index in [1.165, 1.54) is 0 Å². The average Bonchev–Trinajstić information content (AvgIpc) is 1.63. The van der Waals surface area contributed by atoms with Crippen LogP contribution in [0.4, 0.5) is 0 Å². The molecule has 1 fully saturated rings. The van der Waals surface area contributed by atoms with Crippen LogP contribution < -0.4 is 5.73 Å². The van der Waals surface area contributed by atoms with Crippen molar-refractivity contribution >= 4 is 0 Å². The molecule has 0 radical (unpaired) electrons. The lowest BCUT2D eigenvalue weighted by Crippen LogP contribution is -2.58. The Morgan fingerprint density at radius 3 is 2.14 bits per heavy atom. The molecule has 0 amide bonds. The Hall–Kier alpha value is -0.0800. The van der Waals surface area contributed by atoms with Gasteiger partial charge in [-0.2, -0.15) is 0 Å². The van der Waals surface area contributed by atoms with Gasteiger partial charge in [0.1, 0.15) is 0 Å². The fourth-order valence-corrected chi connectivity index (χ4v) is 0.513. The summed E-state index contributed by atoms with van der Waals surface area (Å²) in [5, 5.41) is 0. The summed E-state index contributed by atoms with van der Waals surface area (Å²) in [6.07, 6.45) is 0. The predicted molar refractivity (Wildman–Crippen MR) is 28.0 cm³/mol. The second-order valence-electron chi connectivity index (χ2n) is 2.52. The largest absolute Gasteiger partial charge is 0.372 e. The Bertz CT molecular complexity index is 80.1. The third-order valence-corrected chi connectivity index (χ3v) is 1.53. The maximum absolute atomic E-state index is 5.53. The molecule has 1 rings (SSSR count). The van der Waals surface area contributed by atoms with Crippen molar-refractivity contribution in [1.29, 1.82) is 0 Å². The highest BCUT2D eigenvalue weighted by Crippen LogP contribution is 2.22. The molecule has 0 aliphatic carbocycles. The van der Waals surface area contributed by atoms with Crippen LogP contribution in [-0.2, 0) is 4.74 Å². The van der Waals surface area contributed by atoms with Crippen molar-refractivity contribution in [2.45, 2.75) is 25.5 Å². The topological polar surface area (TPSA) is 35.2 Å². The first kappa shape index (κ1) is 5.06. The van der Waals surface area contributed by atoms with E-state index in [-0.39, 0.29) is 11.6 Å². The number of nitrogens with two attached hydrogens (primary N) is 1. The van der Waals surface area contributed by atoms with Crippen LogP contribution >= 0.6 is 0 Å². The first-order chi connectivity index (χ1) is 3.13. The maximum atomic E-state index is 5.53. The van der Waals surface area contributed by atoms with E-state index in [2.05, 4.69) is 0 Å². The minimum absolute atomic E-state index is 0.0417. The standard InChI is InChI=1S/C5H11NO/c1-5(2)4(6)3-7-5/h4H,3,6H2,1-2H3. The SMILES string of the molecule is CC1(C)OCC1N. The fourth-order valence-electron chi connectivity index (χ4n) is 0.513. The summed E-state index contributed by atoms with van der Waals surface area (Å²) in [5.74, 6) is 0. The molecule has 2 N–H and O–H groups in total. The zero-order chi connectivity index (χ0) is 5.49. The normalized spacial score (nSPS) is 37.3. The predicted octanol–water partition coefficient (Wildman–Crippen LogP) is 0.123. The maximum Gasteiger partial charge on any atom is 0.0800 e. The van der Waals surface area contributed by atoms with Crippen molar-refractivity contribution in [2.24, 2.45) is 5.73 Å². The molecule has 1 saturated heterocycles. The fraction of sp³-hybridized carbons (Fsp3) is 1.00. The summed E-state index contributed by atoms with van der Waals surface area (Å²) in [6.45, 7) is 4.73. The van der Waals surface area contributed by atoms with Crippen molar-refractivity contribution in [3.63, 3.8) is 0 Å². The molecule has 1 heterocycles. The van der Waals surface area contributed by atoms with Gasteiger partial charge in [0.05, 0.1) is 18.2 Å². The Kier molecular flexibility index (Phi) is 0.869. The van der Waals surface area contributed by atoms with Crippen LogP contribution in [0.25, 0.3) is 0 Å². The van der Waals surface area contributed by atoms with Crippen LogP contribution in [0.5, 0.6) is 0 Å². The van der Waals surface area contributed by atoms with Crippen LogP contribution in [-0.4, -0.2) is 18.2 Å². The van der Waals surface area contributed by atoms with E-state index in [4.69, 9.17) is 10.5 Å². The van der Waals surface area contributed by atoms with Gasteiger partial charge in [0.15, 0.2) is 0 Å². The van der Waals surface area contributed by atoms with E-state index in [1.54, 1.807) is 0 Å². The highest BCUT2D eigenvalue weighted by molar-refractivity contribution is 4.90. The van der Waals surface area contributed by atoms with Crippen molar-refractivity contribution < 1.29 is 4.74 Å². The molecule has 0 aromatic carbocycles. The lowest BCUT2D eigenvalue weighted by molar-refractivity contribution is -0.140. The van der Waals surface area contributed by atoms with Gasteiger partial charge in [-0.3, -0.25) is 0 Å². The molecule has 2 heteroatoms. The second-order valence-corrected chi connectivity index (χ2v) is 2.52. The van der Waals surface area contributed by atoms with Crippen LogP contribution in [0, 0.1) is 0 Å². The monoisotopic (exact) mass is 101 g/mol. The average molecular weight is 101 g/mol. The second kappa shape index (κ2) is 1.20. The zero-order valence-electron chi connectivity index (χ0n) is 4.77. The molecule has 0 spiro atoms. The number of ether oxygens (including phenoxy) is 1. The molecule has 1 atom stereocenters. The van der Waals surface area contributed by atoms with Gasteiger partial charge in [-0.25, -0.2) is 0 Å². The van der Waals surface area contributed by atoms with E-state index < -0.39 is 0 Å². The number of rotatable bonds is 0. The van der Waals surface area contributed by atoms with Crippen molar-refractivity contribution in [3.8, 4) is 0 Å². The van der Waals surface area contributed by atoms with E-state index in [0.29, 0.717) is 0 Å². The minimum atomic E-state index is -0.0417. The molecular formula is C5H11NO. The van der Waals surface area contributed by atoms with Gasteiger partial charge in [0.2, 0.25) is 0 Å². The first-order valence-corrected chi connectivity index (χ1v) is 2.52. The lowest BCUT2D eigenvalue weighted by Gasteiger charge is -2.41. The Balaban J connectivity index is 2.43. The van der Waals surface area contributed by atoms with Gasteiger partial charge in [0, 0.05) is 0 Å². The zero-order valence-corrected chi connectivity index (χ0v) is 4.77. The molecular weight excluding hydrogens is 90.1 g/mol. The highest BCUT2D eigenvalue weighted by atomic mass is 16.5. The molecule has 7 heavy (non-hydrogen) atoms. The Morgan fingerprint density at radius 1 is 1.71 bits per heavy atom. The molecule has 0 aromatic heterocycles. The summed E-state index contributed by atoms with van der Waals surface area (Å²) < 4.78 is 5.11. The summed E-state index contributed by atoms with van der Waals surface area (Å²) in [5.41, 5.74) is 5.49. The van der Waals surface area contributed by atoms with E-state index in [1.807, 2.05) is 13.8 Å². The quantitative estimate of drug-likeness (QED) is 0.470. The van der Waals surface area contributed by atoms with E-state index in [0.717, 1.165) is 6.61 Å². The van der Waals surface area contributed by atoms with Crippen LogP contribution in [0.15, 0.2) is 0 Å². The van der Waals surface area contributed by atoms with Crippen LogP contribution in [0.1, 0.15) is 13.8 Å². The third kappa shape index (κ3) is 0.640. The first-order valence-electron chi connectivity index (χ1n) is 2.52. The smallest absolute Gasteiger partial charge is 0.0800 e. The summed E-state index contributed by atoms with van der Waals surface area (Å²) >= 11 is 0. The third-order valence-electron chi connectivity index (χ3n) is 1.53. The van der Waals surface area contributed by atoms with E-state index in [9.17, 15) is 0 Å². The van der Waals surface area contributed by atoms with Gasteiger partial charge in [-0.15, -0.1) is 0 Å². The molecule has 1 aliphatic rings. The Morgan fingerprint density at radius 2 is 2.14 bits per heavy atom. The summed E-state index contributed by atoms with van der Waals surface area (Å²) in [7, 11) is 0. The molecule has 0 saturated carbocycles. The molecule has 42 valence electrons. The van der Waals surface area contributed by atoms with Gasteiger partial charge in [0.25, 0.3) is 0 Å². The summed E-state index contributed by atoms with van der Waals surface area (Å²) in [6, 6.07) is 0.257. The molecule has 0 aromatic rings. The van der Waals surface area contributed by atoms with Gasteiger partial charge >= 0.3 is 0 Å². The minimum Gasteiger partial charge on any atom is -0.372 e. The molecule has 1 unspecified atom stereocenters. The molecule has 2 nitrogen and oxygen atoms in total. The van der Waals surface area contributed by atoms with Gasteiger partial charge < -0.3 is 10.5 Å². The molecule has 0 bridgehead atoms. The van der Waals surface area contributed by atoms with Crippen LogP contribution in [0.3, 0.4) is 0 Å². The van der Waals surface area contributed by atoms with Crippen LogP contribution in [0.2, 0.25) is 0 Å². The number of hydrogen-bond donors (Lipinski definition) is 1.